The van der Waals surface area contributed by atoms with Gasteiger partial charge in [-0.3, -0.25) is 13.9 Å². The van der Waals surface area contributed by atoms with Gasteiger partial charge in [-0.15, -0.1) is 0 Å². The van der Waals surface area contributed by atoms with E-state index in [1.165, 1.54) is 9.21 Å². The lowest BCUT2D eigenvalue weighted by molar-refractivity contribution is -0.141. The Kier molecular flexibility index (Phi) is 12.3. The van der Waals surface area contributed by atoms with Gasteiger partial charge in [0.25, 0.3) is 0 Å². The Hall–Kier alpha value is -3.07. The summed E-state index contributed by atoms with van der Waals surface area (Å²) >= 11 is 13.0. The molecule has 3 aromatic rings. The molecule has 0 fully saturated rings. The van der Waals surface area contributed by atoms with Gasteiger partial charge in [-0.1, -0.05) is 78.7 Å². The predicted octanol–water partition coefficient (Wildman–Crippen LogP) is 6.40. The highest BCUT2D eigenvalue weighted by molar-refractivity contribution is 7.92. The number of nitrogens with zero attached hydrogens (tertiary/aromatic N) is 2. The summed E-state index contributed by atoms with van der Waals surface area (Å²) in [5.41, 5.74) is 2.91. The fraction of sp³-hybridized carbons (Fsp3) is 0.375. The predicted molar refractivity (Wildman–Crippen MR) is 171 cm³/mol. The zero-order valence-electron chi connectivity index (χ0n) is 24.5. The number of anilines is 1. The molecule has 2 atom stereocenters. The van der Waals surface area contributed by atoms with Crippen LogP contribution in [-0.4, -0.2) is 50.0 Å². The normalized spacial score (nSPS) is 12.8. The summed E-state index contributed by atoms with van der Waals surface area (Å²) in [6.45, 7) is 5.92. The van der Waals surface area contributed by atoms with Crippen molar-refractivity contribution in [1.29, 1.82) is 0 Å². The molecule has 3 aromatic carbocycles. The summed E-state index contributed by atoms with van der Waals surface area (Å²) in [5, 5.41) is 3.82. The van der Waals surface area contributed by atoms with Crippen LogP contribution >= 0.6 is 23.2 Å². The first-order chi connectivity index (χ1) is 19.9. The van der Waals surface area contributed by atoms with Gasteiger partial charge in [0.1, 0.15) is 6.04 Å². The molecule has 0 heterocycles. The molecule has 1 N–H and O–H groups in total. The average Bonchev–Trinajstić information content (AvgIpc) is 2.94. The van der Waals surface area contributed by atoms with Crippen molar-refractivity contribution >= 4 is 50.7 Å². The SMILES string of the molecule is CCC(C)NC(=O)C(Cc1ccccc1)N(Cc1c(Cl)cccc1Cl)C(=O)CCCN(c1cccc(C)c1)S(C)(=O)=O. The van der Waals surface area contributed by atoms with Crippen molar-refractivity contribution < 1.29 is 18.0 Å². The maximum absolute atomic E-state index is 14.0. The summed E-state index contributed by atoms with van der Waals surface area (Å²) in [6, 6.07) is 20.9. The smallest absolute Gasteiger partial charge is 0.243 e. The van der Waals surface area contributed by atoms with Gasteiger partial charge in [-0.2, -0.15) is 0 Å². The molecule has 10 heteroatoms. The Morgan fingerprint density at radius 3 is 2.19 bits per heavy atom. The zero-order chi connectivity index (χ0) is 30.9. The molecule has 42 heavy (non-hydrogen) atoms. The van der Waals surface area contributed by atoms with Gasteiger partial charge in [0.15, 0.2) is 0 Å². The van der Waals surface area contributed by atoms with E-state index < -0.39 is 16.1 Å². The van der Waals surface area contributed by atoms with Crippen LogP contribution in [0.4, 0.5) is 5.69 Å². The first-order valence-electron chi connectivity index (χ1n) is 14.0. The maximum Gasteiger partial charge on any atom is 0.243 e. The van der Waals surface area contributed by atoms with E-state index in [0.29, 0.717) is 21.3 Å². The number of hydrogen-bond donors (Lipinski definition) is 1. The Morgan fingerprint density at radius 1 is 0.952 bits per heavy atom. The number of carbonyl (C=O) groups excluding carboxylic acids is 2. The minimum Gasteiger partial charge on any atom is -0.352 e. The van der Waals surface area contributed by atoms with Crippen molar-refractivity contribution in [2.24, 2.45) is 0 Å². The molecule has 0 bridgehead atoms. The van der Waals surface area contributed by atoms with Crippen molar-refractivity contribution in [3.8, 4) is 0 Å². The van der Waals surface area contributed by atoms with E-state index in [2.05, 4.69) is 5.32 Å². The molecule has 3 rings (SSSR count). The molecule has 7 nitrogen and oxygen atoms in total. The largest absolute Gasteiger partial charge is 0.352 e. The quantitative estimate of drug-likeness (QED) is 0.223. The summed E-state index contributed by atoms with van der Waals surface area (Å²) in [7, 11) is -3.59. The van der Waals surface area contributed by atoms with Crippen LogP contribution in [0.1, 0.15) is 49.8 Å². The molecule has 2 amide bonds. The highest BCUT2D eigenvalue weighted by atomic mass is 35.5. The number of rotatable bonds is 14. The molecule has 0 aliphatic rings. The molecule has 0 radical (unpaired) electrons. The number of nitrogens with one attached hydrogen (secondary N) is 1. The van der Waals surface area contributed by atoms with Crippen LogP contribution in [-0.2, 0) is 32.6 Å². The summed E-state index contributed by atoms with van der Waals surface area (Å²) in [6.07, 6.45) is 2.43. The number of benzene rings is 3. The number of aryl methyl sites for hydroxylation is 1. The Labute approximate surface area is 259 Å². The first kappa shape index (κ1) is 33.4. The molecular weight excluding hydrogens is 593 g/mol. The van der Waals surface area contributed by atoms with Gasteiger partial charge in [-0.25, -0.2) is 8.42 Å². The second kappa shape index (κ2) is 15.4. The molecule has 0 aromatic heterocycles. The molecular formula is C32H39Cl2N3O4S. The number of amides is 2. The Bertz CT molecular complexity index is 1450. The number of halogens is 2. The summed E-state index contributed by atoms with van der Waals surface area (Å²) in [5.74, 6) is -0.578. The highest BCUT2D eigenvalue weighted by Crippen LogP contribution is 2.28. The zero-order valence-corrected chi connectivity index (χ0v) is 26.8. The monoisotopic (exact) mass is 631 g/mol. The van der Waals surface area contributed by atoms with Crippen LogP contribution in [0.3, 0.4) is 0 Å². The van der Waals surface area contributed by atoms with Crippen molar-refractivity contribution in [3.63, 3.8) is 0 Å². The number of hydrogen-bond acceptors (Lipinski definition) is 4. The maximum atomic E-state index is 14.0. The highest BCUT2D eigenvalue weighted by Gasteiger charge is 2.32. The van der Waals surface area contributed by atoms with Crippen molar-refractivity contribution in [1.82, 2.24) is 10.2 Å². The molecule has 0 saturated carbocycles. The van der Waals surface area contributed by atoms with E-state index in [4.69, 9.17) is 23.2 Å². The molecule has 0 spiro atoms. The van der Waals surface area contributed by atoms with Crippen molar-refractivity contribution in [2.45, 2.75) is 65.1 Å². The van der Waals surface area contributed by atoms with Crippen molar-refractivity contribution in [3.05, 3.63) is 99.5 Å². The topological polar surface area (TPSA) is 86.8 Å². The standard InChI is InChI=1S/C32H39Cl2N3O4S/c1-5-24(3)35-32(39)30(21-25-13-7-6-8-14-25)36(22-27-28(33)16-10-17-29(27)34)31(38)18-11-19-37(42(4,40)41)26-15-9-12-23(2)20-26/h6-10,12-17,20,24,30H,5,11,18-19,21-22H2,1-4H3,(H,35,39). The second-order valence-corrected chi connectivity index (χ2v) is 13.2. The van der Waals surface area contributed by atoms with E-state index in [1.807, 2.05) is 57.2 Å². The van der Waals surface area contributed by atoms with Crippen LogP contribution < -0.4 is 9.62 Å². The van der Waals surface area contributed by atoms with Crippen molar-refractivity contribution in [2.75, 3.05) is 17.1 Å². The van der Waals surface area contributed by atoms with Crippen LogP contribution in [0.25, 0.3) is 0 Å². The van der Waals surface area contributed by atoms with E-state index in [9.17, 15) is 18.0 Å². The van der Waals surface area contributed by atoms with Gasteiger partial charge in [0.2, 0.25) is 21.8 Å². The minimum atomic E-state index is -3.59. The van der Waals surface area contributed by atoms with Gasteiger partial charge in [0.05, 0.1) is 11.9 Å². The Morgan fingerprint density at radius 2 is 1.60 bits per heavy atom. The third kappa shape index (κ3) is 9.48. The average molecular weight is 633 g/mol. The first-order valence-corrected chi connectivity index (χ1v) is 16.6. The number of carbonyl (C=O) groups is 2. The molecule has 2 unspecified atom stereocenters. The van der Waals surface area contributed by atoms with Crippen LogP contribution in [0.5, 0.6) is 0 Å². The summed E-state index contributed by atoms with van der Waals surface area (Å²) in [4.78, 5) is 29.2. The van der Waals surface area contributed by atoms with Gasteiger partial charge < -0.3 is 10.2 Å². The Balaban J connectivity index is 1.94. The lowest BCUT2D eigenvalue weighted by atomic mass is 10.0. The van der Waals surface area contributed by atoms with Crippen LogP contribution in [0, 0.1) is 6.92 Å². The second-order valence-electron chi connectivity index (χ2n) is 10.5. The summed E-state index contributed by atoms with van der Waals surface area (Å²) < 4.78 is 26.6. The van der Waals surface area contributed by atoms with E-state index >= 15 is 0 Å². The van der Waals surface area contributed by atoms with Gasteiger partial charge in [-0.05, 0) is 62.1 Å². The minimum absolute atomic E-state index is 0.0157. The number of sulfonamides is 1. The lowest BCUT2D eigenvalue weighted by Gasteiger charge is -2.33. The molecule has 226 valence electrons. The fourth-order valence-electron chi connectivity index (χ4n) is 4.64. The van der Waals surface area contributed by atoms with E-state index in [0.717, 1.165) is 23.8 Å². The third-order valence-corrected chi connectivity index (χ3v) is 9.01. The van der Waals surface area contributed by atoms with Gasteiger partial charge >= 0.3 is 0 Å². The van der Waals surface area contributed by atoms with Gasteiger partial charge in [0, 0.05) is 47.6 Å². The molecule has 0 aliphatic heterocycles. The fourth-order valence-corrected chi connectivity index (χ4v) is 6.11. The van der Waals surface area contributed by atoms with E-state index in [1.54, 1.807) is 36.4 Å². The van der Waals surface area contributed by atoms with Crippen LogP contribution in [0.2, 0.25) is 10.0 Å². The molecule has 0 saturated heterocycles. The van der Waals surface area contributed by atoms with Crippen LogP contribution in [0.15, 0.2) is 72.8 Å². The van der Waals surface area contributed by atoms with E-state index in [-0.39, 0.29) is 50.2 Å². The molecule has 0 aliphatic carbocycles. The lowest BCUT2D eigenvalue weighted by Crippen LogP contribution is -2.52. The third-order valence-electron chi connectivity index (χ3n) is 7.10.